The Morgan fingerprint density at radius 3 is 2.80 bits per heavy atom. The van der Waals surface area contributed by atoms with E-state index in [2.05, 4.69) is 26.2 Å². The van der Waals surface area contributed by atoms with Gasteiger partial charge in [0.25, 0.3) is 0 Å². The first-order valence-electron chi connectivity index (χ1n) is 5.07. The molecule has 4 heteroatoms. The van der Waals surface area contributed by atoms with Crippen LogP contribution in [0.3, 0.4) is 0 Å². The van der Waals surface area contributed by atoms with Crippen LogP contribution in [0.25, 0.3) is 0 Å². The summed E-state index contributed by atoms with van der Waals surface area (Å²) < 4.78 is 0.979. The molecule has 84 valence electrons. The normalized spacial score (nSPS) is 14.9. The molecular formula is C11H17BrN2O. The Hall–Kier alpha value is -0.450. The molecule has 0 amide bonds. The first-order valence-corrected chi connectivity index (χ1v) is 5.86. The van der Waals surface area contributed by atoms with E-state index in [1.807, 2.05) is 26.0 Å². The van der Waals surface area contributed by atoms with Gasteiger partial charge in [-0.1, -0.05) is 6.92 Å². The summed E-state index contributed by atoms with van der Waals surface area (Å²) in [6, 6.07) is 3.92. The van der Waals surface area contributed by atoms with Gasteiger partial charge in [-0.25, -0.2) is 0 Å². The summed E-state index contributed by atoms with van der Waals surface area (Å²) in [7, 11) is 0. The van der Waals surface area contributed by atoms with Gasteiger partial charge in [-0.15, -0.1) is 0 Å². The largest absolute Gasteiger partial charge is 0.389 e. The number of pyridine rings is 1. The third-order valence-electron chi connectivity index (χ3n) is 2.36. The molecule has 0 bridgehead atoms. The molecule has 0 saturated heterocycles. The lowest BCUT2D eigenvalue weighted by Gasteiger charge is -2.21. The average molecular weight is 273 g/mol. The zero-order valence-electron chi connectivity index (χ0n) is 9.13. The molecule has 0 aliphatic carbocycles. The number of nitrogens with one attached hydrogen (secondary N) is 1. The van der Waals surface area contributed by atoms with Crippen molar-refractivity contribution in [2.45, 2.75) is 32.4 Å². The molecule has 0 aliphatic heterocycles. The van der Waals surface area contributed by atoms with Crippen LogP contribution in [0.2, 0.25) is 0 Å². The highest BCUT2D eigenvalue weighted by Crippen LogP contribution is 2.08. The van der Waals surface area contributed by atoms with Crippen molar-refractivity contribution in [1.29, 1.82) is 0 Å². The number of halogens is 1. The summed E-state index contributed by atoms with van der Waals surface area (Å²) in [5.74, 6) is 0. The van der Waals surface area contributed by atoms with Crippen LogP contribution in [-0.2, 0) is 6.54 Å². The summed E-state index contributed by atoms with van der Waals surface area (Å²) in [4.78, 5) is 4.23. The van der Waals surface area contributed by atoms with E-state index in [9.17, 15) is 5.11 Å². The van der Waals surface area contributed by atoms with Gasteiger partial charge in [0.2, 0.25) is 0 Å². The number of hydrogen-bond acceptors (Lipinski definition) is 3. The molecule has 0 fully saturated rings. The molecule has 1 rings (SSSR count). The van der Waals surface area contributed by atoms with Crippen molar-refractivity contribution in [3.05, 3.63) is 28.5 Å². The van der Waals surface area contributed by atoms with Crippen LogP contribution in [-0.4, -0.2) is 22.2 Å². The molecule has 0 radical (unpaired) electrons. The average Bonchev–Trinajstić information content (AvgIpc) is 2.21. The second kappa shape index (κ2) is 5.58. The first-order chi connectivity index (χ1) is 7.03. The summed E-state index contributed by atoms with van der Waals surface area (Å²) in [5, 5.41) is 12.9. The Kier molecular flexibility index (Phi) is 4.70. The minimum Gasteiger partial charge on any atom is -0.389 e. The monoisotopic (exact) mass is 272 g/mol. The van der Waals surface area contributed by atoms with E-state index < -0.39 is 5.60 Å². The lowest BCUT2D eigenvalue weighted by atomic mass is 10.0. The summed E-state index contributed by atoms with van der Waals surface area (Å²) in [6.07, 6.45) is 2.52. The lowest BCUT2D eigenvalue weighted by molar-refractivity contribution is 0.0555. The third-order valence-corrected chi connectivity index (χ3v) is 2.83. The van der Waals surface area contributed by atoms with Gasteiger partial charge in [0.05, 0.1) is 11.3 Å². The van der Waals surface area contributed by atoms with E-state index in [1.165, 1.54) is 0 Å². The van der Waals surface area contributed by atoms with E-state index in [0.29, 0.717) is 13.1 Å². The van der Waals surface area contributed by atoms with E-state index in [4.69, 9.17) is 0 Å². The molecule has 0 spiro atoms. The summed E-state index contributed by atoms with van der Waals surface area (Å²) >= 11 is 3.33. The Labute approximate surface area is 99.1 Å². The maximum Gasteiger partial charge on any atom is 0.0741 e. The van der Waals surface area contributed by atoms with Crippen molar-refractivity contribution in [3.63, 3.8) is 0 Å². The molecule has 1 aromatic rings. The molecule has 1 unspecified atom stereocenters. The van der Waals surface area contributed by atoms with E-state index in [-0.39, 0.29) is 0 Å². The maximum atomic E-state index is 9.75. The smallest absolute Gasteiger partial charge is 0.0741 e. The van der Waals surface area contributed by atoms with Crippen molar-refractivity contribution in [2.24, 2.45) is 0 Å². The van der Waals surface area contributed by atoms with Gasteiger partial charge in [0.15, 0.2) is 0 Å². The van der Waals surface area contributed by atoms with Gasteiger partial charge < -0.3 is 10.4 Å². The number of nitrogens with zero attached hydrogens (tertiary/aromatic N) is 1. The molecule has 1 heterocycles. The third kappa shape index (κ3) is 4.73. The van der Waals surface area contributed by atoms with Crippen molar-refractivity contribution >= 4 is 15.9 Å². The molecule has 0 aliphatic rings. The van der Waals surface area contributed by atoms with E-state index in [0.717, 1.165) is 16.6 Å². The van der Waals surface area contributed by atoms with Gasteiger partial charge in [-0.3, -0.25) is 4.98 Å². The van der Waals surface area contributed by atoms with Crippen molar-refractivity contribution in [3.8, 4) is 0 Å². The maximum absolute atomic E-state index is 9.75. The first kappa shape index (κ1) is 12.6. The highest BCUT2D eigenvalue weighted by Gasteiger charge is 2.16. The predicted molar refractivity (Wildman–Crippen MR) is 64.6 cm³/mol. The molecule has 3 nitrogen and oxygen atoms in total. The number of hydrogen-bond donors (Lipinski definition) is 2. The topological polar surface area (TPSA) is 45.1 Å². The van der Waals surface area contributed by atoms with Gasteiger partial charge in [0, 0.05) is 23.8 Å². The fraction of sp³-hybridized carbons (Fsp3) is 0.545. The van der Waals surface area contributed by atoms with Crippen LogP contribution in [0.15, 0.2) is 22.8 Å². The van der Waals surface area contributed by atoms with Crippen LogP contribution in [0.5, 0.6) is 0 Å². The second-order valence-corrected chi connectivity index (χ2v) is 4.84. The number of aliphatic hydroxyl groups is 1. The Morgan fingerprint density at radius 1 is 1.53 bits per heavy atom. The quantitative estimate of drug-likeness (QED) is 0.863. The fourth-order valence-electron chi connectivity index (χ4n) is 1.10. The summed E-state index contributed by atoms with van der Waals surface area (Å²) in [5.41, 5.74) is 0.347. The van der Waals surface area contributed by atoms with Crippen LogP contribution in [0, 0.1) is 0 Å². The standard InChI is InChI=1S/C11H17BrN2O/c1-3-11(2,15)8-13-7-10-5-4-9(12)6-14-10/h4-6,13,15H,3,7-8H2,1-2H3. The minimum absolute atomic E-state index is 0.585. The van der Waals surface area contributed by atoms with Gasteiger partial charge in [0.1, 0.15) is 0 Å². The number of rotatable bonds is 5. The summed E-state index contributed by atoms with van der Waals surface area (Å²) in [6.45, 7) is 5.07. The molecule has 1 aromatic heterocycles. The Balaban J connectivity index is 2.35. The number of aromatic nitrogens is 1. The van der Waals surface area contributed by atoms with Crippen molar-refractivity contribution in [1.82, 2.24) is 10.3 Å². The van der Waals surface area contributed by atoms with Gasteiger partial charge in [-0.2, -0.15) is 0 Å². The minimum atomic E-state index is -0.630. The van der Waals surface area contributed by atoms with E-state index >= 15 is 0 Å². The van der Waals surface area contributed by atoms with E-state index in [1.54, 1.807) is 6.20 Å². The van der Waals surface area contributed by atoms with Crippen LogP contribution >= 0.6 is 15.9 Å². The highest BCUT2D eigenvalue weighted by atomic mass is 79.9. The highest BCUT2D eigenvalue weighted by molar-refractivity contribution is 9.10. The Morgan fingerprint density at radius 2 is 2.27 bits per heavy atom. The predicted octanol–water partition coefficient (Wildman–Crippen LogP) is 2.09. The molecule has 15 heavy (non-hydrogen) atoms. The molecule has 2 N–H and O–H groups in total. The lowest BCUT2D eigenvalue weighted by Crippen LogP contribution is -2.36. The second-order valence-electron chi connectivity index (χ2n) is 3.92. The fourth-order valence-corrected chi connectivity index (χ4v) is 1.33. The molecule has 1 atom stereocenters. The van der Waals surface area contributed by atoms with Gasteiger partial charge in [-0.05, 0) is 41.4 Å². The SMILES string of the molecule is CCC(C)(O)CNCc1ccc(Br)cn1. The Bertz CT molecular complexity index is 298. The molecule has 0 aromatic carbocycles. The van der Waals surface area contributed by atoms with Crippen LogP contribution in [0.1, 0.15) is 26.0 Å². The zero-order chi connectivity index (χ0) is 11.3. The van der Waals surface area contributed by atoms with Crippen molar-refractivity contribution in [2.75, 3.05) is 6.54 Å². The van der Waals surface area contributed by atoms with Crippen LogP contribution in [0.4, 0.5) is 0 Å². The van der Waals surface area contributed by atoms with Gasteiger partial charge >= 0.3 is 0 Å². The molecular weight excluding hydrogens is 256 g/mol. The van der Waals surface area contributed by atoms with Crippen LogP contribution < -0.4 is 5.32 Å². The van der Waals surface area contributed by atoms with Crippen molar-refractivity contribution < 1.29 is 5.11 Å². The zero-order valence-corrected chi connectivity index (χ0v) is 10.7. The molecule has 0 saturated carbocycles.